The van der Waals surface area contributed by atoms with E-state index < -0.39 is 6.10 Å². The lowest BCUT2D eigenvalue weighted by Crippen LogP contribution is -2.31. The van der Waals surface area contributed by atoms with Crippen molar-refractivity contribution >= 4 is 17.2 Å². The number of carbonyl (C=O) groups excluding carboxylic acids is 1. The molecule has 1 aliphatic heterocycles. The van der Waals surface area contributed by atoms with Gasteiger partial charge in [0.2, 0.25) is 0 Å². The van der Waals surface area contributed by atoms with Crippen LogP contribution in [0.1, 0.15) is 58.5 Å². The smallest absolute Gasteiger partial charge is 0.150 e. The van der Waals surface area contributed by atoms with Crippen LogP contribution in [0.15, 0.2) is 72.9 Å². The zero-order valence-electron chi connectivity index (χ0n) is 19.8. The molecule has 5 rings (SSSR count). The fourth-order valence-electron chi connectivity index (χ4n) is 5.12. The van der Waals surface area contributed by atoms with Gasteiger partial charge in [-0.05, 0) is 91.7 Å². The van der Waals surface area contributed by atoms with Gasteiger partial charge in [-0.3, -0.25) is 9.69 Å². The van der Waals surface area contributed by atoms with Crippen molar-refractivity contribution in [1.82, 2.24) is 9.47 Å². The van der Waals surface area contributed by atoms with E-state index >= 15 is 0 Å². The second-order valence-electron chi connectivity index (χ2n) is 9.44. The summed E-state index contributed by atoms with van der Waals surface area (Å²) in [6.07, 6.45) is 7.08. The van der Waals surface area contributed by atoms with E-state index in [1.165, 1.54) is 22.1 Å². The van der Waals surface area contributed by atoms with E-state index in [0.717, 1.165) is 73.9 Å². The standard InChI is InChI=1S/C30H32N2O2/c1-22(34)24-11-12-26-19-31(16-14-25(26)18-24)15-6-5-7-27-20-32(28-8-3-2-4-9-28)30-13-10-23(21-33)17-29(27)30/h2-4,8-13,17-18,20-22,34H,5-7,14-16,19H2,1H3. The number of carbonyl (C=O) groups is 1. The van der Waals surface area contributed by atoms with Crippen LogP contribution in [0.4, 0.5) is 0 Å². The van der Waals surface area contributed by atoms with Crippen molar-refractivity contribution in [1.29, 1.82) is 0 Å². The zero-order chi connectivity index (χ0) is 23.5. The number of aliphatic hydroxyl groups is 1. The summed E-state index contributed by atoms with van der Waals surface area (Å²) in [6.45, 7) is 4.99. The van der Waals surface area contributed by atoms with E-state index in [1.54, 1.807) is 0 Å². The predicted octanol–water partition coefficient (Wildman–Crippen LogP) is 5.88. The Bertz CT molecular complexity index is 1290. The Labute approximate surface area is 201 Å². The molecule has 1 unspecified atom stereocenters. The first kappa shape index (κ1) is 22.6. The highest BCUT2D eigenvalue weighted by atomic mass is 16.3. The lowest BCUT2D eigenvalue weighted by atomic mass is 9.95. The van der Waals surface area contributed by atoms with Gasteiger partial charge in [0.25, 0.3) is 0 Å². The molecule has 0 spiro atoms. The minimum atomic E-state index is -0.404. The Morgan fingerprint density at radius 2 is 1.85 bits per heavy atom. The summed E-state index contributed by atoms with van der Waals surface area (Å²) >= 11 is 0. The zero-order valence-corrected chi connectivity index (χ0v) is 19.8. The predicted molar refractivity (Wildman–Crippen MR) is 138 cm³/mol. The molecule has 0 saturated heterocycles. The van der Waals surface area contributed by atoms with E-state index in [2.05, 4.69) is 64.2 Å². The summed E-state index contributed by atoms with van der Waals surface area (Å²) in [7, 11) is 0. The summed E-state index contributed by atoms with van der Waals surface area (Å²) in [4.78, 5) is 13.9. The van der Waals surface area contributed by atoms with Crippen molar-refractivity contribution in [3.8, 4) is 5.69 Å². The number of hydrogen-bond donors (Lipinski definition) is 1. The molecule has 0 saturated carbocycles. The first-order valence-corrected chi connectivity index (χ1v) is 12.3. The van der Waals surface area contributed by atoms with Gasteiger partial charge in [0.05, 0.1) is 11.6 Å². The lowest BCUT2D eigenvalue weighted by Gasteiger charge is -2.29. The van der Waals surface area contributed by atoms with Crippen LogP contribution in [0, 0.1) is 0 Å². The maximum absolute atomic E-state index is 11.4. The molecular formula is C30H32N2O2. The van der Waals surface area contributed by atoms with Gasteiger partial charge in [-0.25, -0.2) is 0 Å². The summed E-state index contributed by atoms with van der Waals surface area (Å²) in [5, 5.41) is 11.0. The molecule has 174 valence electrons. The number of hydrogen-bond acceptors (Lipinski definition) is 3. The van der Waals surface area contributed by atoms with Gasteiger partial charge in [-0.2, -0.15) is 0 Å². The second kappa shape index (κ2) is 9.96. The number of fused-ring (bicyclic) bond motifs is 2. The highest BCUT2D eigenvalue weighted by Gasteiger charge is 2.17. The van der Waals surface area contributed by atoms with Gasteiger partial charge in [-0.1, -0.05) is 36.4 Å². The average Bonchev–Trinajstić information content (AvgIpc) is 3.24. The molecule has 2 heterocycles. The fourth-order valence-corrected chi connectivity index (χ4v) is 5.12. The Hall–Kier alpha value is -3.21. The van der Waals surface area contributed by atoms with Crippen molar-refractivity contribution in [2.24, 2.45) is 0 Å². The van der Waals surface area contributed by atoms with Crippen molar-refractivity contribution < 1.29 is 9.90 Å². The molecule has 34 heavy (non-hydrogen) atoms. The number of aliphatic hydroxyl groups excluding tert-OH is 1. The summed E-state index contributed by atoms with van der Waals surface area (Å²) < 4.78 is 2.24. The van der Waals surface area contributed by atoms with E-state index in [0.29, 0.717) is 0 Å². The Morgan fingerprint density at radius 3 is 2.65 bits per heavy atom. The minimum Gasteiger partial charge on any atom is -0.389 e. The van der Waals surface area contributed by atoms with Crippen LogP contribution >= 0.6 is 0 Å². The van der Waals surface area contributed by atoms with E-state index in [9.17, 15) is 9.90 Å². The van der Waals surface area contributed by atoms with Crippen molar-refractivity contribution in [2.45, 2.75) is 45.3 Å². The largest absolute Gasteiger partial charge is 0.389 e. The fraction of sp³-hybridized carbons (Fsp3) is 0.300. The van der Waals surface area contributed by atoms with Crippen LogP contribution in [0.25, 0.3) is 16.6 Å². The number of aromatic nitrogens is 1. The van der Waals surface area contributed by atoms with Crippen molar-refractivity contribution in [3.63, 3.8) is 0 Å². The molecule has 1 atom stereocenters. The molecule has 1 N–H and O–H groups in total. The van der Waals surface area contributed by atoms with Gasteiger partial charge >= 0.3 is 0 Å². The molecule has 4 aromatic rings. The van der Waals surface area contributed by atoms with Crippen molar-refractivity contribution in [3.05, 3.63) is 101 Å². The van der Waals surface area contributed by atoms with Gasteiger partial charge < -0.3 is 9.67 Å². The van der Waals surface area contributed by atoms with Crippen LogP contribution < -0.4 is 0 Å². The van der Waals surface area contributed by atoms with Crippen LogP contribution in [-0.4, -0.2) is 33.9 Å². The number of unbranched alkanes of at least 4 members (excludes halogenated alkanes) is 1. The van der Waals surface area contributed by atoms with E-state index in [-0.39, 0.29) is 0 Å². The molecule has 0 radical (unpaired) electrons. The highest BCUT2D eigenvalue weighted by Crippen LogP contribution is 2.28. The number of nitrogens with zero attached hydrogens (tertiary/aromatic N) is 2. The average molecular weight is 453 g/mol. The molecule has 0 fully saturated rings. The molecule has 4 heteroatoms. The first-order valence-electron chi connectivity index (χ1n) is 12.3. The van der Waals surface area contributed by atoms with Crippen LogP contribution in [0.2, 0.25) is 0 Å². The third kappa shape index (κ3) is 4.70. The molecule has 4 nitrogen and oxygen atoms in total. The number of rotatable bonds is 8. The minimum absolute atomic E-state index is 0.404. The maximum Gasteiger partial charge on any atom is 0.150 e. The number of para-hydroxylation sites is 1. The Morgan fingerprint density at radius 1 is 1.00 bits per heavy atom. The topological polar surface area (TPSA) is 45.5 Å². The molecule has 0 bridgehead atoms. The monoisotopic (exact) mass is 452 g/mol. The Kier molecular flexibility index (Phi) is 6.61. The number of aldehydes is 1. The molecule has 1 aliphatic rings. The maximum atomic E-state index is 11.4. The second-order valence-corrected chi connectivity index (χ2v) is 9.44. The molecule has 0 amide bonds. The molecule has 3 aromatic carbocycles. The van der Waals surface area contributed by atoms with Gasteiger partial charge in [0.15, 0.2) is 0 Å². The molecule has 1 aromatic heterocycles. The lowest BCUT2D eigenvalue weighted by molar-refractivity contribution is 0.112. The quantitative estimate of drug-likeness (QED) is 0.268. The van der Waals surface area contributed by atoms with Gasteiger partial charge in [-0.15, -0.1) is 0 Å². The third-order valence-corrected chi connectivity index (χ3v) is 7.06. The normalized spacial score (nSPS) is 14.8. The van der Waals surface area contributed by atoms with Crippen LogP contribution in [-0.2, 0) is 19.4 Å². The van der Waals surface area contributed by atoms with Gasteiger partial charge in [0, 0.05) is 35.9 Å². The van der Waals surface area contributed by atoms with E-state index in [1.807, 2.05) is 25.1 Å². The summed E-state index contributed by atoms with van der Waals surface area (Å²) in [5.74, 6) is 0. The third-order valence-electron chi connectivity index (χ3n) is 7.06. The Balaban J connectivity index is 1.24. The number of aryl methyl sites for hydroxylation is 1. The molecular weight excluding hydrogens is 420 g/mol. The van der Waals surface area contributed by atoms with Crippen LogP contribution in [0.5, 0.6) is 0 Å². The van der Waals surface area contributed by atoms with Gasteiger partial charge in [0.1, 0.15) is 6.29 Å². The summed E-state index contributed by atoms with van der Waals surface area (Å²) in [5.41, 5.74) is 8.11. The number of benzene rings is 3. The SMILES string of the molecule is CC(O)c1ccc2c(c1)CCN(CCCCc1cn(-c3ccccc3)c3ccc(C=O)cc13)C2. The molecule has 0 aliphatic carbocycles. The van der Waals surface area contributed by atoms with Crippen LogP contribution in [0.3, 0.4) is 0 Å². The van der Waals surface area contributed by atoms with E-state index in [4.69, 9.17) is 0 Å². The van der Waals surface area contributed by atoms with Crippen molar-refractivity contribution in [2.75, 3.05) is 13.1 Å². The first-order chi connectivity index (χ1) is 16.6. The highest BCUT2D eigenvalue weighted by molar-refractivity contribution is 5.91. The summed E-state index contributed by atoms with van der Waals surface area (Å²) in [6, 6.07) is 22.8.